The molecular weight excluding hydrogens is 328 g/mol. The van der Waals surface area contributed by atoms with Crippen LogP contribution < -0.4 is 0 Å². The molecule has 1 amide bonds. The summed E-state index contributed by atoms with van der Waals surface area (Å²) in [5.74, 6) is 0.0863. The average molecular weight is 348 g/mol. The van der Waals surface area contributed by atoms with E-state index in [-0.39, 0.29) is 11.9 Å². The number of nitrogens with zero attached hydrogens (tertiary/aromatic N) is 2. The highest BCUT2D eigenvalue weighted by molar-refractivity contribution is 8.76. The molecule has 23 heavy (non-hydrogen) atoms. The van der Waals surface area contributed by atoms with Crippen molar-refractivity contribution in [3.8, 4) is 0 Å². The molecule has 6 heteroatoms. The fraction of sp³-hybridized carbons (Fsp3) is 0.412. The number of hydrogen-bond acceptors (Lipinski definition) is 5. The number of carbonyl (C=O) groups is 1. The number of amides is 1. The normalized spacial score (nSPS) is 17.8. The van der Waals surface area contributed by atoms with E-state index < -0.39 is 0 Å². The Bertz CT molecular complexity index is 708. The standard InChI is InChI=1S/C17H20N2O2S2/c1-21-11-12-5-4-10-19(12)17(20)14-7-8-15(23-22-2)16-13(14)6-3-9-18-16/h3,6-9,12H,4-5,10-11H2,1-2H3. The molecule has 0 N–H and O–H groups in total. The summed E-state index contributed by atoms with van der Waals surface area (Å²) in [6.45, 7) is 1.40. The number of fused-ring (bicyclic) bond motifs is 1. The minimum absolute atomic E-state index is 0.0863. The zero-order valence-corrected chi connectivity index (χ0v) is 15.0. The summed E-state index contributed by atoms with van der Waals surface area (Å²) in [5, 5.41) is 0.930. The van der Waals surface area contributed by atoms with E-state index in [0.717, 1.165) is 40.7 Å². The topological polar surface area (TPSA) is 42.4 Å². The van der Waals surface area contributed by atoms with Crippen molar-refractivity contribution in [1.82, 2.24) is 9.88 Å². The third-order valence-electron chi connectivity index (χ3n) is 4.13. The molecule has 1 saturated heterocycles. The second-order valence-electron chi connectivity index (χ2n) is 5.51. The maximum atomic E-state index is 13.0. The molecule has 122 valence electrons. The van der Waals surface area contributed by atoms with Gasteiger partial charge in [0.2, 0.25) is 0 Å². The molecule has 1 atom stereocenters. The number of rotatable bonds is 5. The molecule has 0 saturated carbocycles. The van der Waals surface area contributed by atoms with E-state index in [1.165, 1.54) is 0 Å². The predicted octanol–water partition coefficient (Wildman–Crippen LogP) is 3.86. The largest absolute Gasteiger partial charge is 0.383 e. The molecule has 2 aromatic rings. The monoisotopic (exact) mass is 348 g/mol. The van der Waals surface area contributed by atoms with Gasteiger partial charge in [0.15, 0.2) is 0 Å². The summed E-state index contributed by atoms with van der Waals surface area (Å²) in [7, 11) is 5.05. The van der Waals surface area contributed by atoms with Gasteiger partial charge >= 0.3 is 0 Å². The minimum atomic E-state index is 0.0863. The molecule has 1 aromatic heterocycles. The summed E-state index contributed by atoms with van der Waals surface area (Å²) in [4.78, 5) is 20.6. The van der Waals surface area contributed by atoms with E-state index in [1.807, 2.05) is 35.4 Å². The van der Waals surface area contributed by atoms with Crippen LogP contribution in [0.1, 0.15) is 23.2 Å². The zero-order chi connectivity index (χ0) is 16.2. The highest BCUT2D eigenvalue weighted by atomic mass is 33.1. The van der Waals surface area contributed by atoms with Crippen LogP contribution >= 0.6 is 21.6 Å². The fourth-order valence-corrected chi connectivity index (χ4v) is 4.60. The Morgan fingerprint density at radius 1 is 1.43 bits per heavy atom. The summed E-state index contributed by atoms with van der Waals surface area (Å²) in [6, 6.07) is 8.00. The van der Waals surface area contributed by atoms with Gasteiger partial charge in [0, 0.05) is 35.7 Å². The lowest BCUT2D eigenvalue weighted by atomic mass is 10.1. The number of pyridine rings is 1. The van der Waals surface area contributed by atoms with Crippen molar-refractivity contribution < 1.29 is 9.53 Å². The second kappa shape index (κ2) is 7.55. The molecule has 0 aliphatic carbocycles. The van der Waals surface area contributed by atoms with Crippen molar-refractivity contribution in [3.63, 3.8) is 0 Å². The molecule has 1 aliphatic rings. The number of benzene rings is 1. The average Bonchev–Trinajstić information content (AvgIpc) is 3.03. The van der Waals surface area contributed by atoms with Crippen molar-refractivity contribution in [2.24, 2.45) is 0 Å². The van der Waals surface area contributed by atoms with Crippen molar-refractivity contribution in [2.75, 3.05) is 26.5 Å². The molecule has 0 spiro atoms. The van der Waals surface area contributed by atoms with Crippen LogP contribution in [0.2, 0.25) is 0 Å². The van der Waals surface area contributed by atoms with Gasteiger partial charge in [-0.25, -0.2) is 0 Å². The molecule has 1 aromatic carbocycles. The van der Waals surface area contributed by atoms with Gasteiger partial charge in [-0.1, -0.05) is 27.7 Å². The summed E-state index contributed by atoms with van der Waals surface area (Å²) < 4.78 is 5.27. The van der Waals surface area contributed by atoms with E-state index in [9.17, 15) is 4.79 Å². The van der Waals surface area contributed by atoms with Crippen LogP contribution in [0.25, 0.3) is 10.9 Å². The molecule has 0 radical (unpaired) electrons. The molecular formula is C17H20N2O2S2. The maximum absolute atomic E-state index is 13.0. The molecule has 4 nitrogen and oxygen atoms in total. The zero-order valence-electron chi connectivity index (χ0n) is 13.3. The van der Waals surface area contributed by atoms with Crippen LogP contribution in [0.4, 0.5) is 0 Å². The number of likely N-dealkylation sites (tertiary alicyclic amines) is 1. The second-order valence-corrected chi connectivity index (χ2v) is 7.95. The Morgan fingerprint density at radius 3 is 3.09 bits per heavy atom. The highest BCUT2D eigenvalue weighted by Gasteiger charge is 2.30. The Morgan fingerprint density at radius 2 is 2.30 bits per heavy atom. The lowest BCUT2D eigenvalue weighted by molar-refractivity contribution is 0.0632. The van der Waals surface area contributed by atoms with Gasteiger partial charge in [-0.15, -0.1) is 0 Å². The third kappa shape index (κ3) is 3.34. The summed E-state index contributed by atoms with van der Waals surface area (Å²) in [6.07, 6.45) is 5.87. The molecule has 1 aliphatic heterocycles. The number of aromatic nitrogens is 1. The molecule has 3 rings (SSSR count). The van der Waals surface area contributed by atoms with Crippen molar-refractivity contribution in [1.29, 1.82) is 0 Å². The van der Waals surface area contributed by atoms with Gasteiger partial charge in [0.1, 0.15) is 0 Å². The first-order valence-electron chi connectivity index (χ1n) is 7.64. The first kappa shape index (κ1) is 16.6. The maximum Gasteiger partial charge on any atom is 0.254 e. The quantitative estimate of drug-likeness (QED) is 0.768. The van der Waals surface area contributed by atoms with E-state index >= 15 is 0 Å². The third-order valence-corrected chi connectivity index (χ3v) is 5.85. The fourth-order valence-electron chi connectivity index (χ4n) is 3.11. The van der Waals surface area contributed by atoms with Crippen LogP contribution in [0.3, 0.4) is 0 Å². The van der Waals surface area contributed by atoms with E-state index in [1.54, 1.807) is 34.9 Å². The minimum Gasteiger partial charge on any atom is -0.383 e. The highest BCUT2D eigenvalue weighted by Crippen LogP contribution is 2.35. The number of hydrogen-bond donors (Lipinski definition) is 0. The Labute approximate surface area is 144 Å². The van der Waals surface area contributed by atoms with Gasteiger partial charge in [-0.3, -0.25) is 9.78 Å². The lowest BCUT2D eigenvalue weighted by Gasteiger charge is -2.24. The van der Waals surface area contributed by atoms with E-state index in [4.69, 9.17) is 4.74 Å². The molecule has 0 bridgehead atoms. The Balaban J connectivity index is 1.99. The van der Waals surface area contributed by atoms with Gasteiger partial charge in [0.25, 0.3) is 5.91 Å². The summed E-state index contributed by atoms with van der Waals surface area (Å²) in [5.41, 5.74) is 1.64. The molecule has 1 fully saturated rings. The molecule has 1 unspecified atom stereocenters. The van der Waals surface area contributed by atoms with Crippen LogP contribution in [-0.4, -0.2) is 48.4 Å². The number of carbonyl (C=O) groups excluding carboxylic acids is 1. The van der Waals surface area contributed by atoms with Crippen molar-refractivity contribution in [2.45, 2.75) is 23.8 Å². The van der Waals surface area contributed by atoms with Crippen LogP contribution in [-0.2, 0) is 4.74 Å². The van der Waals surface area contributed by atoms with E-state index in [0.29, 0.717) is 6.61 Å². The number of methoxy groups -OCH3 is 1. The van der Waals surface area contributed by atoms with Gasteiger partial charge in [0.05, 0.1) is 18.2 Å². The molecule has 2 heterocycles. The van der Waals surface area contributed by atoms with Crippen LogP contribution in [0, 0.1) is 0 Å². The smallest absolute Gasteiger partial charge is 0.254 e. The van der Waals surface area contributed by atoms with E-state index in [2.05, 4.69) is 4.98 Å². The van der Waals surface area contributed by atoms with Crippen molar-refractivity contribution in [3.05, 3.63) is 36.0 Å². The van der Waals surface area contributed by atoms with Gasteiger partial charge < -0.3 is 9.64 Å². The predicted molar refractivity (Wildman–Crippen MR) is 97.0 cm³/mol. The first-order valence-corrected chi connectivity index (χ1v) is 10.2. The van der Waals surface area contributed by atoms with Gasteiger partial charge in [-0.05, 0) is 37.3 Å². The van der Waals surface area contributed by atoms with Crippen LogP contribution in [0.5, 0.6) is 0 Å². The Kier molecular flexibility index (Phi) is 5.46. The first-order chi connectivity index (χ1) is 11.3. The van der Waals surface area contributed by atoms with Gasteiger partial charge in [-0.2, -0.15) is 0 Å². The Hall–Kier alpha value is -1.24. The van der Waals surface area contributed by atoms with Crippen molar-refractivity contribution >= 4 is 38.4 Å². The SMILES string of the molecule is COCC1CCCN1C(=O)c1ccc(SSC)c2ncccc12. The summed E-state index contributed by atoms with van der Waals surface area (Å²) >= 11 is 0. The van der Waals surface area contributed by atoms with Crippen LogP contribution in [0.15, 0.2) is 35.4 Å². The lowest BCUT2D eigenvalue weighted by Crippen LogP contribution is -2.38. The number of ether oxygens (including phenoxy) is 1.